The maximum Gasteiger partial charge on any atom is 0.341 e. The summed E-state index contributed by atoms with van der Waals surface area (Å²) < 4.78 is 10.1. The Labute approximate surface area is 139 Å². The van der Waals surface area contributed by atoms with Crippen molar-refractivity contribution in [3.63, 3.8) is 0 Å². The number of phenols is 2. The van der Waals surface area contributed by atoms with Gasteiger partial charge in [0.2, 0.25) is 5.78 Å². The molecule has 2 rings (SSSR count). The van der Waals surface area contributed by atoms with Crippen LogP contribution in [0.1, 0.15) is 33.2 Å². The van der Waals surface area contributed by atoms with Gasteiger partial charge in [0, 0.05) is 6.07 Å². The minimum atomic E-state index is -0.571. The Morgan fingerprint density at radius 2 is 1.75 bits per heavy atom. The lowest BCUT2D eigenvalue weighted by Gasteiger charge is -2.11. The molecule has 2 aromatic carbocycles. The van der Waals surface area contributed by atoms with Gasteiger partial charge >= 0.3 is 5.97 Å². The second-order valence-electron chi connectivity index (χ2n) is 5.05. The van der Waals surface area contributed by atoms with Crippen LogP contribution in [0.2, 0.25) is 0 Å². The summed E-state index contributed by atoms with van der Waals surface area (Å²) in [5.41, 5.74) is 0.809. The van der Waals surface area contributed by atoms with E-state index in [0.29, 0.717) is 12.0 Å². The van der Waals surface area contributed by atoms with Crippen molar-refractivity contribution in [1.82, 2.24) is 0 Å². The highest BCUT2D eigenvalue weighted by atomic mass is 16.5. The van der Waals surface area contributed by atoms with Gasteiger partial charge in [0.25, 0.3) is 0 Å². The maximum absolute atomic E-state index is 12.3. The second-order valence-corrected chi connectivity index (χ2v) is 5.05. The first-order valence-electron chi connectivity index (χ1n) is 7.36. The van der Waals surface area contributed by atoms with E-state index in [4.69, 9.17) is 4.74 Å². The van der Waals surface area contributed by atoms with Gasteiger partial charge in [0.05, 0.1) is 12.7 Å². The summed E-state index contributed by atoms with van der Waals surface area (Å²) in [4.78, 5) is 24.0. The van der Waals surface area contributed by atoms with E-state index in [-0.39, 0.29) is 35.0 Å². The number of aromatic hydroxyl groups is 2. The van der Waals surface area contributed by atoms with E-state index in [1.54, 1.807) is 18.2 Å². The first-order chi connectivity index (χ1) is 11.5. The normalized spacial score (nSPS) is 10.2. The third-order valence-corrected chi connectivity index (χ3v) is 3.53. The summed E-state index contributed by atoms with van der Waals surface area (Å²) in [6.07, 6.45) is 0.512. The summed E-state index contributed by atoms with van der Waals surface area (Å²) in [5, 5.41) is 19.5. The molecule has 0 amide bonds. The number of phenolic OH excluding ortho intramolecular Hbond substituents is 2. The van der Waals surface area contributed by atoms with Gasteiger partial charge in [0.15, 0.2) is 6.61 Å². The molecule has 6 nitrogen and oxygen atoms in total. The van der Waals surface area contributed by atoms with Gasteiger partial charge in [-0.25, -0.2) is 4.79 Å². The zero-order valence-corrected chi connectivity index (χ0v) is 13.4. The molecule has 0 aliphatic rings. The molecule has 2 aromatic rings. The molecular weight excluding hydrogens is 312 g/mol. The van der Waals surface area contributed by atoms with E-state index in [1.807, 2.05) is 6.92 Å². The molecule has 0 heterocycles. The number of rotatable bonds is 6. The minimum Gasteiger partial charge on any atom is -0.508 e. The number of methoxy groups -OCH3 is 1. The summed E-state index contributed by atoms with van der Waals surface area (Å²) in [5.74, 6) is -1.21. The van der Waals surface area contributed by atoms with Gasteiger partial charge in [-0.3, -0.25) is 4.79 Å². The Hall–Kier alpha value is -3.02. The molecule has 0 fully saturated rings. The number of hydrogen-bond donors (Lipinski definition) is 2. The first-order valence-corrected chi connectivity index (χ1v) is 7.36. The van der Waals surface area contributed by atoms with Crippen molar-refractivity contribution in [2.75, 3.05) is 13.7 Å². The van der Waals surface area contributed by atoms with E-state index in [2.05, 4.69) is 4.74 Å². The van der Waals surface area contributed by atoms with Gasteiger partial charge in [0.1, 0.15) is 22.8 Å². The first kappa shape index (κ1) is 17.3. The maximum atomic E-state index is 12.3. The standard InChI is InChI=1S/C18H18O6/c1-3-11-8-13(15(20)9-14(11)19)16(21)10-24-17-7-5-4-6-12(17)18(22)23-2/h4-9,19-20H,3,10H2,1-2H3. The molecular formula is C18H18O6. The minimum absolute atomic E-state index is 0.0557. The Balaban J connectivity index is 2.19. The molecule has 0 bridgehead atoms. The highest BCUT2D eigenvalue weighted by Crippen LogP contribution is 2.28. The Morgan fingerprint density at radius 1 is 1.04 bits per heavy atom. The van der Waals surface area contributed by atoms with Crippen LogP contribution in [0.4, 0.5) is 0 Å². The van der Waals surface area contributed by atoms with Gasteiger partial charge in [-0.1, -0.05) is 19.1 Å². The van der Waals surface area contributed by atoms with Crippen LogP contribution in [0, 0.1) is 0 Å². The number of hydrogen-bond acceptors (Lipinski definition) is 6. The van der Waals surface area contributed by atoms with Crippen LogP contribution in [-0.4, -0.2) is 35.7 Å². The van der Waals surface area contributed by atoms with Crippen LogP contribution in [0.25, 0.3) is 0 Å². The summed E-state index contributed by atoms with van der Waals surface area (Å²) in [6, 6.07) is 8.96. The van der Waals surface area contributed by atoms with E-state index in [1.165, 1.54) is 19.2 Å². The van der Waals surface area contributed by atoms with Crippen LogP contribution < -0.4 is 4.74 Å². The zero-order valence-electron chi connectivity index (χ0n) is 13.4. The molecule has 0 saturated heterocycles. The van der Waals surface area contributed by atoms with Crippen molar-refractivity contribution >= 4 is 11.8 Å². The Kier molecular flexibility index (Phi) is 5.42. The van der Waals surface area contributed by atoms with Crippen LogP contribution in [0.5, 0.6) is 17.2 Å². The third kappa shape index (κ3) is 3.65. The van der Waals surface area contributed by atoms with Crippen LogP contribution in [-0.2, 0) is 11.2 Å². The number of carbonyl (C=O) groups is 2. The monoisotopic (exact) mass is 330 g/mol. The fourth-order valence-electron chi connectivity index (χ4n) is 2.22. The lowest BCUT2D eigenvalue weighted by atomic mass is 10.0. The third-order valence-electron chi connectivity index (χ3n) is 3.53. The SMILES string of the molecule is CCc1cc(C(=O)COc2ccccc2C(=O)OC)c(O)cc1O. The van der Waals surface area contributed by atoms with Crippen molar-refractivity contribution in [3.8, 4) is 17.2 Å². The molecule has 0 aromatic heterocycles. The highest BCUT2D eigenvalue weighted by molar-refractivity contribution is 6.00. The molecule has 126 valence electrons. The molecule has 6 heteroatoms. The molecule has 0 unspecified atom stereocenters. The highest BCUT2D eigenvalue weighted by Gasteiger charge is 2.17. The quantitative estimate of drug-likeness (QED) is 0.625. The number of Topliss-reactive ketones (excluding diaryl/α,β-unsaturated/α-hetero) is 1. The average Bonchev–Trinajstić information content (AvgIpc) is 2.59. The topological polar surface area (TPSA) is 93.1 Å². The molecule has 0 saturated carbocycles. The molecule has 0 aliphatic heterocycles. The number of ether oxygens (including phenoxy) is 2. The van der Waals surface area contributed by atoms with Crippen molar-refractivity contribution in [2.24, 2.45) is 0 Å². The number of aryl methyl sites for hydroxylation is 1. The van der Waals surface area contributed by atoms with Crippen LogP contribution in [0.15, 0.2) is 36.4 Å². The fourth-order valence-corrected chi connectivity index (χ4v) is 2.22. The number of ketones is 1. The van der Waals surface area contributed by atoms with Gasteiger partial charge < -0.3 is 19.7 Å². The van der Waals surface area contributed by atoms with Crippen LogP contribution >= 0.6 is 0 Å². The summed E-state index contributed by atoms with van der Waals surface area (Å²) in [6.45, 7) is 1.46. The zero-order chi connectivity index (χ0) is 17.7. The van der Waals surface area contributed by atoms with Crippen molar-refractivity contribution in [3.05, 3.63) is 53.1 Å². The van der Waals surface area contributed by atoms with Gasteiger partial charge in [-0.2, -0.15) is 0 Å². The molecule has 2 N–H and O–H groups in total. The van der Waals surface area contributed by atoms with E-state index < -0.39 is 11.8 Å². The largest absolute Gasteiger partial charge is 0.508 e. The number of carbonyl (C=O) groups excluding carboxylic acids is 2. The number of benzene rings is 2. The Morgan fingerprint density at radius 3 is 2.42 bits per heavy atom. The van der Waals surface area contributed by atoms with Gasteiger partial charge in [-0.05, 0) is 30.2 Å². The van der Waals surface area contributed by atoms with Gasteiger partial charge in [-0.15, -0.1) is 0 Å². The van der Waals surface area contributed by atoms with E-state index >= 15 is 0 Å². The van der Waals surface area contributed by atoms with E-state index in [9.17, 15) is 19.8 Å². The molecule has 24 heavy (non-hydrogen) atoms. The summed E-state index contributed by atoms with van der Waals surface area (Å²) >= 11 is 0. The summed E-state index contributed by atoms with van der Waals surface area (Å²) in [7, 11) is 1.25. The second kappa shape index (κ2) is 7.50. The number of para-hydroxylation sites is 1. The molecule has 0 spiro atoms. The lowest BCUT2D eigenvalue weighted by molar-refractivity contribution is 0.0594. The van der Waals surface area contributed by atoms with Crippen molar-refractivity contribution in [2.45, 2.75) is 13.3 Å². The lowest BCUT2D eigenvalue weighted by Crippen LogP contribution is -2.14. The molecule has 0 atom stereocenters. The molecule has 0 radical (unpaired) electrons. The number of esters is 1. The Bertz CT molecular complexity index is 766. The average molecular weight is 330 g/mol. The van der Waals surface area contributed by atoms with Crippen LogP contribution in [0.3, 0.4) is 0 Å². The predicted octanol–water partition coefficient (Wildman–Crippen LogP) is 2.71. The van der Waals surface area contributed by atoms with Crippen molar-refractivity contribution < 1.29 is 29.3 Å². The predicted molar refractivity (Wildman–Crippen MR) is 86.8 cm³/mol. The fraction of sp³-hybridized carbons (Fsp3) is 0.222. The smallest absolute Gasteiger partial charge is 0.341 e. The van der Waals surface area contributed by atoms with E-state index in [0.717, 1.165) is 6.07 Å². The molecule has 0 aliphatic carbocycles. The van der Waals surface area contributed by atoms with Crippen molar-refractivity contribution in [1.29, 1.82) is 0 Å².